The van der Waals surface area contributed by atoms with Crippen molar-refractivity contribution < 1.29 is 14.7 Å². The molecule has 7 heteroatoms. The van der Waals surface area contributed by atoms with Gasteiger partial charge in [-0.05, 0) is 68.1 Å². The number of benzene rings is 2. The van der Waals surface area contributed by atoms with Crippen LogP contribution in [0.5, 0.6) is 0 Å². The van der Waals surface area contributed by atoms with Crippen molar-refractivity contribution in [3.8, 4) is 0 Å². The zero-order chi connectivity index (χ0) is 19.3. The zero-order valence-corrected chi connectivity index (χ0v) is 16.6. The molecule has 4 rings (SSSR count). The molecule has 2 aliphatic rings. The number of aliphatic hydroxyl groups is 1. The van der Waals surface area contributed by atoms with Gasteiger partial charge in [0.05, 0.1) is 5.69 Å². The molecule has 1 unspecified atom stereocenters. The first-order chi connectivity index (χ1) is 12.8. The molecule has 27 heavy (non-hydrogen) atoms. The summed E-state index contributed by atoms with van der Waals surface area (Å²) in [6, 6.07) is 9.98. The molecule has 1 aliphatic carbocycles. The fourth-order valence-corrected chi connectivity index (χ4v) is 3.62. The third-order valence-corrected chi connectivity index (χ3v) is 5.60. The van der Waals surface area contributed by atoms with Crippen LogP contribution in [-0.4, -0.2) is 23.1 Å². The molecule has 1 aliphatic heterocycles. The topological polar surface area (TPSA) is 81.7 Å². The van der Waals surface area contributed by atoms with Crippen LogP contribution in [0.15, 0.2) is 40.9 Å². The Morgan fingerprint density at radius 3 is 2.63 bits per heavy atom. The van der Waals surface area contributed by atoms with Gasteiger partial charge in [0.1, 0.15) is 0 Å². The minimum Gasteiger partial charge on any atom is -0.359 e. The number of carbonyl (C=O) groups excluding carboxylic acids is 2. The van der Waals surface area contributed by atoms with E-state index in [0.29, 0.717) is 21.4 Å². The van der Waals surface area contributed by atoms with Crippen molar-refractivity contribution in [1.29, 1.82) is 0 Å². The smallest absolute Gasteiger partial charge is 0.329 e. The lowest BCUT2D eigenvalue weighted by molar-refractivity contribution is -0.140. The number of rotatable bonds is 3. The number of amides is 3. The lowest BCUT2D eigenvalue weighted by Gasteiger charge is -2.43. The van der Waals surface area contributed by atoms with E-state index in [4.69, 9.17) is 0 Å². The molecular weight excluding hydrogens is 410 g/mol. The predicted octanol–water partition coefficient (Wildman–Crippen LogP) is 3.54. The number of urea groups is 1. The number of hydrogen-bond donors (Lipinski definition) is 3. The van der Waals surface area contributed by atoms with Crippen molar-refractivity contribution in [3.63, 3.8) is 0 Å². The van der Waals surface area contributed by atoms with E-state index in [2.05, 4.69) is 26.6 Å². The van der Waals surface area contributed by atoms with Crippen LogP contribution >= 0.6 is 15.9 Å². The molecule has 0 saturated heterocycles. The number of aryl methyl sites for hydroxylation is 2. The maximum absolute atomic E-state index is 13.1. The van der Waals surface area contributed by atoms with Gasteiger partial charge >= 0.3 is 6.03 Å². The first-order valence-corrected chi connectivity index (χ1v) is 9.62. The summed E-state index contributed by atoms with van der Waals surface area (Å²) in [7, 11) is 0. The van der Waals surface area contributed by atoms with Gasteiger partial charge in [-0.15, -0.1) is 0 Å². The molecule has 3 N–H and O–H groups in total. The summed E-state index contributed by atoms with van der Waals surface area (Å²) in [6.45, 7) is 3.89. The molecule has 1 atom stereocenters. The summed E-state index contributed by atoms with van der Waals surface area (Å²) in [4.78, 5) is 27.2. The van der Waals surface area contributed by atoms with Gasteiger partial charge in [-0.2, -0.15) is 0 Å². The van der Waals surface area contributed by atoms with Crippen LogP contribution in [-0.2, 0) is 10.5 Å². The van der Waals surface area contributed by atoms with Gasteiger partial charge in [-0.3, -0.25) is 9.69 Å². The molecule has 2 aromatic carbocycles. The Kier molecular flexibility index (Phi) is 4.24. The standard InChI is InChI=1S/C20H20BrN3O3/c1-11-3-7-15(9-12(11)2)24-19(26)23-17-8-4-13(21)10-16(17)20(24,27)18(25)22-14-5-6-14/h3-4,7-10,14,27H,5-6H2,1-2H3,(H,22,25)(H,23,26). The summed E-state index contributed by atoms with van der Waals surface area (Å²) in [5, 5.41) is 17.3. The summed E-state index contributed by atoms with van der Waals surface area (Å²) in [6.07, 6.45) is 1.76. The Labute approximate surface area is 165 Å². The van der Waals surface area contributed by atoms with Crippen LogP contribution in [0.3, 0.4) is 0 Å². The molecule has 1 saturated carbocycles. The number of anilines is 2. The van der Waals surface area contributed by atoms with Crippen LogP contribution < -0.4 is 15.5 Å². The Morgan fingerprint density at radius 2 is 1.96 bits per heavy atom. The second kappa shape index (κ2) is 6.35. The molecule has 0 spiro atoms. The van der Waals surface area contributed by atoms with Crippen LogP contribution in [0.4, 0.5) is 16.2 Å². The van der Waals surface area contributed by atoms with Gasteiger partial charge in [-0.1, -0.05) is 22.0 Å². The second-order valence-corrected chi connectivity index (χ2v) is 8.06. The van der Waals surface area contributed by atoms with Gasteiger partial charge in [-0.25, -0.2) is 4.79 Å². The quantitative estimate of drug-likeness (QED) is 0.697. The number of fused-ring (bicyclic) bond motifs is 1. The molecule has 140 valence electrons. The van der Waals surface area contributed by atoms with Crippen LogP contribution in [0.1, 0.15) is 29.5 Å². The fourth-order valence-electron chi connectivity index (χ4n) is 3.26. The average molecular weight is 430 g/mol. The third kappa shape index (κ3) is 3.00. The molecule has 2 aromatic rings. The highest BCUT2D eigenvalue weighted by Crippen LogP contribution is 2.41. The van der Waals surface area contributed by atoms with Gasteiger partial charge in [0, 0.05) is 21.8 Å². The van der Waals surface area contributed by atoms with Crippen molar-refractivity contribution in [2.24, 2.45) is 0 Å². The highest BCUT2D eigenvalue weighted by atomic mass is 79.9. The van der Waals surface area contributed by atoms with E-state index in [1.165, 1.54) is 0 Å². The number of halogens is 1. The van der Waals surface area contributed by atoms with Crippen molar-refractivity contribution in [1.82, 2.24) is 5.32 Å². The second-order valence-electron chi connectivity index (χ2n) is 7.14. The summed E-state index contributed by atoms with van der Waals surface area (Å²) in [5.41, 5.74) is 1.07. The van der Waals surface area contributed by atoms with Crippen LogP contribution in [0, 0.1) is 13.8 Å². The van der Waals surface area contributed by atoms with E-state index >= 15 is 0 Å². The number of carbonyl (C=O) groups is 2. The van der Waals surface area contributed by atoms with Crippen molar-refractivity contribution in [2.45, 2.75) is 38.5 Å². The lowest BCUT2D eigenvalue weighted by Crippen LogP contribution is -2.62. The largest absolute Gasteiger partial charge is 0.359 e. The Hall–Kier alpha value is -2.38. The molecule has 1 heterocycles. The molecule has 6 nitrogen and oxygen atoms in total. The summed E-state index contributed by atoms with van der Waals surface area (Å²) >= 11 is 3.39. The summed E-state index contributed by atoms with van der Waals surface area (Å²) in [5.74, 6) is -0.600. The highest BCUT2D eigenvalue weighted by Gasteiger charge is 2.53. The minimum atomic E-state index is -2.15. The third-order valence-electron chi connectivity index (χ3n) is 5.10. The molecule has 0 aromatic heterocycles. The van der Waals surface area contributed by atoms with Gasteiger partial charge in [0.2, 0.25) is 0 Å². The summed E-state index contributed by atoms with van der Waals surface area (Å²) < 4.78 is 0.704. The van der Waals surface area contributed by atoms with Gasteiger partial charge in [0.25, 0.3) is 11.6 Å². The minimum absolute atomic E-state index is 0.0451. The first kappa shape index (κ1) is 18.0. The van der Waals surface area contributed by atoms with Gasteiger partial charge in [0.15, 0.2) is 0 Å². The monoisotopic (exact) mass is 429 g/mol. The van der Waals surface area contributed by atoms with E-state index < -0.39 is 17.7 Å². The zero-order valence-electron chi connectivity index (χ0n) is 15.0. The highest BCUT2D eigenvalue weighted by molar-refractivity contribution is 9.10. The van der Waals surface area contributed by atoms with Gasteiger partial charge < -0.3 is 15.7 Å². The SMILES string of the molecule is Cc1ccc(N2C(=O)Nc3ccc(Br)cc3C2(O)C(=O)NC2CC2)cc1C. The average Bonchev–Trinajstić information content (AvgIpc) is 3.43. The molecule has 0 radical (unpaired) electrons. The number of hydrogen-bond acceptors (Lipinski definition) is 3. The predicted molar refractivity (Wildman–Crippen MR) is 107 cm³/mol. The normalized spacial score (nSPS) is 21.5. The number of nitrogens with one attached hydrogen (secondary N) is 2. The van der Waals surface area contributed by atoms with Crippen molar-refractivity contribution in [2.75, 3.05) is 10.2 Å². The van der Waals surface area contributed by atoms with Crippen molar-refractivity contribution in [3.05, 3.63) is 57.6 Å². The van der Waals surface area contributed by atoms with Crippen molar-refractivity contribution >= 4 is 39.2 Å². The molecule has 1 fully saturated rings. The van der Waals surface area contributed by atoms with E-state index in [0.717, 1.165) is 28.9 Å². The molecule has 0 bridgehead atoms. The first-order valence-electron chi connectivity index (χ1n) is 8.82. The van der Waals surface area contributed by atoms with Crippen LogP contribution in [0.25, 0.3) is 0 Å². The van der Waals surface area contributed by atoms with E-state index in [9.17, 15) is 14.7 Å². The molecular formula is C20H20BrN3O3. The Morgan fingerprint density at radius 1 is 1.22 bits per heavy atom. The van der Waals surface area contributed by atoms with Crippen LogP contribution in [0.2, 0.25) is 0 Å². The Bertz CT molecular complexity index is 957. The number of nitrogens with zero attached hydrogens (tertiary/aromatic N) is 1. The lowest BCUT2D eigenvalue weighted by atomic mass is 9.94. The maximum atomic E-state index is 13.1. The Balaban J connectivity index is 1.90. The maximum Gasteiger partial charge on any atom is 0.329 e. The molecule has 3 amide bonds. The fraction of sp³-hybridized carbons (Fsp3) is 0.300. The van der Waals surface area contributed by atoms with E-state index in [1.54, 1.807) is 30.3 Å². The van der Waals surface area contributed by atoms with E-state index in [1.807, 2.05) is 19.9 Å². The van der Waals surface area contributed by atoms with E-state index in [-0.39, 0.29) is 6.04 Å².